The SMILES string of the molecule is CC(C)Cn1c(N2CCOCC2)nn(CN2CCN(c3ccccn3)CC2)c1=S. The van der Waals surface area contributed by atoms with Gasteiger partial charge in [-0.15, -0.1) is 5.10 Å². The molecular formula is C20H31N7OS. The summed E-state index contributed by atoms with van der Waals surface area (Å²) in [6.07, 6.45) is 1.86. The molecule has 0 spiro atoms. The Kier molecular flexibility index (Phi) is 6.46. The van der Waals surface area contributed by atoms with Crippen LogP contribution < -0.4 is 9.80 Å². The highest BCUT2D eigenvalue weighted by Gasteiger charge is 2.23. The van der Waals surface area contributed by atoms with Gasteiger partial charge in [0.1, 0.15) is 5.82 Å². The minimum Gasteiger partial charge on any atom is -0.378 e. The summed E-state index contributed by atoms with van der Waals surface area (Å²) >= 11 is 5.83. The van der Waals surface area contributed by atoms with Gasteiger partial charge in [-0.25, -0.2) is 9.67 Å². The van der Waals surface area contributed by atoms with E-state index in [1.54, 1.807) is 0 Å². The van der Waals surface area contributed by atoms with Crippen molar-refractivity contribution >= 4 is 24.0 Å². The zero-order valence-electron chi connectivity index (χ0n) is 17.4. The van der Waals surface area contributed by atoms with Gasteiger partial charge in [0.2, 0.25) is 10.7 Å². The zero-order chi connectivity index (χ0) is 20.2. The van der Waals surface area contributed by atoms with E-state index in [1.165, 1.54) is 0 Å². The Bertz CT molecular complexity index is 836. The molecule has 0 radical (unpaired) electrons. The fourth-order valence-electron chi connectivity index (χ4n) is 3.89. The molecule has 0 bridgehead atoms. The van der Waals surface area contributed by atoms with Gasteiger partial charge < -0.3 is 14.5 Å². The van der Waals surface area contributed by atoms with E-state index in [2.05, 4.69) is 44.2 Å². The molecule has 0 amide bonds. The number of anilines is 2. The molecule has 0 N–H and O–H groups in total. The molecule has 2 aromatic rings. The van der Waals surface area contributed by atoms with E-state index in [0.29, 0.717) is 5.92 Å². The summed E-state index contributed by atoms with van der Waals surface area (Å²) < 4.78 is 10.5. The minimum atomic E-state index is 0.515. The first kappa shape index (κ1) is 20.3. The second kappa shape index (κ2) is 9.23. The third-order valence-electron chi connectivity index (χ3n) is 5.42. The molecule has 0 saturated carbocycles. The van der Waals surface area contributed by atoms with Crippen molar-refractivity contribution in [1.82, 2.24) is 24.2 Å². The molecule has 0 atom stereocenters. The highest BCUT2D eigenvalue weighted by Crippen LogP contribution is 2.18. The lowest BCUT2D eigenvalue weighted by atomic mass is 10.2. The summed E-state index contributed by atoms with van der Waals surface area (Å²) in [6, 6.07) is 6.08. The van der Waals surface area contributed by atoms with Crippen LogP contribution in [-0.4, -0.2) is 76.7 Å². The molecule has 2 fully saturated rings. The maximum atomic E-state index is 5.83. The molecule has 9 heteroatoms. The number of ether oxygens (including phenoxy) is 1. The van der Waals surface area contributed by atoms with E-state index in [9.17, 15) is 0 Å². The van der Waals surface area contributed by atoms with Gasteiger partial charge in [0, 0.05) is 52.0 Å². The quantitative estimate of drug-likeness (QED) is 0.667. The van der Waals surface area contributed by atoms with Crippen molar-refractivity contribution in [2.45, 2.75) is 27.1 Å². The smallest absolute Gasteiger partial charge is 0.226 e. The lowest BCUT2D eigenvalue weighted by molar-refractivity contribution is 0.121. The van der Waals surface area contributed by atoms with E-state index >= 15 is 0 Å². The van der Waals surface area contributed by atoms with Crippen molar-refractivity contribution in [2.75, 3.05) is 62.3 Å². The van der Waals surface area contributed by atoms with Crippen LogP contribution in [0.1, 0.15) is 13.8 Å². The summed E-state index contributed by atoms with van der Waals surface area (Å²) in [5, 5.41) is 4.94. The zero-order valence-corrected chi connectivity index (χ0v) is 18.2. The van der Waals surface area contributed by atoms with Crippen molar-refractivity contribution in [3.8, 4) is 0 Å². The van der Waals surface area contributed by atoms with Crippen molar-refractivity contribution < 1.29 is 4.74 Å². The predicted molar refractivity (Wildman–Crippen MR) is 117 cm³/mol. The molecule has 4 rings (SSSR count). The van der Waals surface area contributed by atoms with Crippen LogP contribution in [0.25, 0.3) is 0 Å². The van der Waals surface area contributed by atoms with Crippen LogP contribution in [0.5, 0.6) is 0 Å². The Hall–Kier alpha value is -1.97. The molecule has 29 heavy (non-hydrogen) atoms. The van der Waals surface area contributed by atoms with Gasteiger partial charge in [0.05, 0.1) is 19.9 Å². The Balaban J connectivity index is 1.46. The number of nitrogens with zero attached hydrogens (tertiary/aromatic N) is 7. The number of hydrogen-bond acceptors (Lipinski definition) is 7. The van der Waals surface area contributed by atoms with Gasteiger partial charge in [-0.3, -0.25) is 9.47 Å². The second-order valence-corrected chi connectivity index (χ2v) is 8.49. The third-order valence-corrected chi connectivity index (χ3v) is 5.86. The van der Waals surface area contributed by atoms with Crippen molar-refractivity contribution in [2.24, 2.45) is 5.92 Å². The first-order valence-electron chi connectivity index (χ1n) is 10.5. The van der Waals surface area contributed by atoms with Gasteiger partial charge in [-0.05, 0) is 30.3 Å². The van der Waals surface area contributed by atoms with Crippen LogP contribution in [-0.2, 0) is 18.0 Å². The molecule has 8 nitrogen and oxygen atoms in total. The van der Waals surface area contributed by atoms with Crippen LogP contribution in [0.3, 0.4) is 0 Å². The summed E-state index contributed by atoms with van der Waals surface area (Å²) in [5.74, 6) is 2.56. The van der Waals surface area contributed by atoms with Gasteiger partial charge >= 0.3 is 0 Å². The van der Waals surface area contributed by atoms with Crippen molar-refractivity contribution in [3.63, 3.8) is 0 Å². The predicted octanol–water partition coefficient (Wildman–Crippen LogP) is 2.08. The molecule has 2 saturated heterocycles. The molecule has 4 heterocycles. The molecule has 0 aromatic carbocycles. The Morgan fingerprint density at radius 2 is 1.79 bits per heavy atom. The Labute approximate surface area is 177 Å². The average molecular weight is 418 g/mol. The number of hydrogen-bond donors (Lipinski definition) is 0. The summed E-state index contributed by atoms with van der Waals surface area (Å²) in [6.45, 7) is 13.2. The molecule has 0 unspecified atom stereocenters. The van der Waals surface area contributed by atoms with E-state index in [0.717, 1.165) is 82.2 Å². The maximum absolute atomic E-state index is 5.83. The van der Waals surface area contributed by atoms with Crippen LogP contribution in [0, 0.1) is 10.7 Å². The monoisotopic (exact) mass is 417 g/mol. The summed E-state index contributed by atoms with van der Waals surface area (Å²) in [7, 11) is 0. The molecule has 2 aromatic heterocycles. The molecule has 158 valence electrons. The van der Waals surface area contributed by atoms with E-state index in [-0.39, 0.29) is 0 Å². The summed E-state index contributed by atoms with van der Waals surface area (Å²) in [4.78, 5) is 11.5. The highest BCUT2D eigenvalue weighted by molar-refractivity contribution is 7.71. The van der Waals surface area contributed by atoms with Crippen LogP contribution >= 0.6 is 12.2 Å². The number of piperazine rings is 1. The first-order valence-corrected chi connectivity index (χ1v) is 10.9. The first-order chi connectivity index (χ1) is 14.1. The second-order valence-electron chi connectivity index (χ2n) is 8.12. The average Bonchev–Trinajstić information content (AvgIpc) is 3.05. The number of morpholine rings is 1. The Morgan fingerprint density at radius 3 is 2.45 bits per heavy atom. The van der Waals surface area contributed by atoms with Crippen LogP contribution in [0.15, 0.2) is 24.4 Å². The maximum Gasteiger partial charge on any atom is 0.226 e. The molecule has 2 aliphatic rings. The van der Waals surface area contributed by atoms with Crippen molar-refractivity contribution in [3.05, 3.63) is 29.2 Å². The van der Waals surface area contributed by atoms with Crippen LogP contribution in [0.4, 0.5) is 11.8 Å². The fraction of sp³-hybridized carbons (Fsp3) is 0.650. The normalized spacial score (nSPS) is 18.6. The number of rotatable bonds is 6. The topological polar surface area (TPSA) is 54.6 Å². The number of aromatic nitrogens is 4. The Morgan fingerprint density at radius 1 is 1.03 bits per heavy atom. The van der Waals surface area contributed by atoms with Crippen molar-refractivity contribution in [1.29, 1.82) is 0 Å². The van der Waals surface area contributed by atoms with Gasteiger partial charge in [0.25, 0.3) is 0 Å². The third kappa shape index (κ3) is 4.79. The summed E-state index contributed by atoms with van der Waals surface area (Å²) in [5.41, 5.74) is 0. The molecule has 0 aliphatic carbocycles. The van der Waals surface area contributed by atoms with E-state index in [4.69, 9.17) is 22.1 Å². The van der Waals surface area contributed by atoms with Crippen LogP contribution in [0.2, 0.25) is 0 Å². The standard InChI is InChI=1S/C20H31N7OS/c1-17(2)15-26-19(25-11-13-28-14-12-25)22-27(20(26)29)16-23-7-9-24(10-8-23)18-5-3-4-6-21-18/h3-6,17H,7-16H2,1-2H3. The minimum absolute atomic E-state index is 0.515. The molecule has 2 aliphatic heterocycles. The highest BCUT2D eigenvalue weighted by atomic mass is 32.1. The van der Waals surface area contributed by atoms with Gasteiger partial charge in [0.15, 0.2) is 0 Å². The van der Waals surface area contributed by atoms with Gasteiger partial charge in [-0.2, -0.15) is 0 Å². The van der Waals surface area contributed by atoms with Gasteiger partial charge in [-0.1, -0.05) is 19.9 Å². The lowest BCUT2D eigenvalue weighted by Gasteiger charge is -2.35. The van der Waals surface area contributed by atoms with E-state index in [1.807, 2.05) is 23.0 Å². The largest absolute Gasteiger partial charge is 0.378 e. The molecular weight excluding hydrogens is 386 g/mol. The fourth-order valence-corrected chi connectivity index (χ4v) is 4.15. The van der Waals surface area contributed by atoms with E-state index < -0.39 is 0 Å². The number of pyridine rings is 1. The lowest BCUT2D eigenvalue weighted by Crippen LogP contribution is -2.47.